The fraction of sp³-hybridized carbons (Fsp3) is 0.444. The Balaban J connectivity index is 1.34. The third-order valence-corrected chi connectivity index (χ3v) is 6.52. The second kappa shape index (κ2) is 9.70. The van der Waals surface area contributed by atoms with Crippen LogP contribution in [0, 0.1) is 19.7 Å². The Bertz CT molecular complexity index is 1540. The second-order valence-corrected chi connectivity index (χ2v) is 10.8. The zero-order valence-electron chi connectivity index (χ0n) is 22.3. The highest BCUT2D eigenvalue weighted by molar-refractivity contribution is 5.93. The summed E-state index contributed by atoms with van der Waals surface area (Å²) in [6, 6.07) is 3.04. The predicted molar refractivity (Wildman–Crippen MR) is 140 cm³/mol. The molecule has 4 aromatic heterocycles. The number of hydrogen-bond acceptors (Lipinski definition) is 6. The number of halogens is 1. The lowest BCUT2D eigenvalue weighted by Crippen LogP contribution is -2.50. The molecule has 0 bridgehead atoms. The van der Waals surface area contributed by atoms with Crippen LogP contribution >= 0.6 is 0 Å². The van der Waals surface area contributed by atoms with Crippen molar-refractivity contribution in [3.05, 3.63) is 53.5 Å². The number of fused-ring (bicyclic) bond motifs is 2. The number of imidazole rings is 2. The van der Waals surface area contributed by atoms with E-state index >= 15 is 4.39 Å². The van der Waals surface area contributed by atoms with Gasteiger partial charge in [-0.2, -0.15) is 5.10 Å². The van der Waals surface area contributed by atoms with E-state index in [1.54, 1.807) is 15.6 Å². The van der Waals surface area contributed by atoms with Gasteiger partial charge in [0.2, 0.25) is 0 Å². The molecule has 0 aromatic carbocycles. The number of aryl methyl sites for hydroxylation is 2. The van der Waals surface area contributed by atoms with Crippen LogP contribution < -0.4 is 5.32 Å². The molecule has 1 atom stereocenters. The zero-order chi connectivity index (χ0) is 27.2. The van der Waals surface area contributed by atoms with Crippen LogP contribution in [0.5, 0.6) is 0 Å². The average Bonchev–Trinajstić information content (AvgIpc) is 3.45. The van der Waals surface area contributed by atoms with Crippen LogP contribution in [0.1, 0.15) is 61.8 Å². The van der Waals surface area contributed by atoms with E-state index in [1.165, 1.54) is 16.7 Å². The molecule has 38 heavy (non-hydrogen) atoms. The van der Waals surface area contributed by atoms with E-state index in [1.807, 2.05) is 46.9 Å². The first-order chi connectivity index (χ1) is 18.0. The Morgan fingerprint density at radius 3 is 2.66 bits per heavy atom. The minimum atomic E-state index is -0.598. The Morgan fingerprint density at radius 2 is 1.89 bits per heavy atom. The van der Waals surface area contributed by atoms with Crippen LogP contribution in [0.2, 0.25) is 0 Å². The molecule has 4 aromatic rings. The number of aromatic nitrogens is 5. The van der Waals surface area contributed by atoms with Crippen LogP contribution in [-0.2, 0) is 4.74 Å². The van der Waals surface area contributed by atoms with Gasteiger partial charge in [0.1, 0.15) is 11.3 Å². The molecule has 200 valence electrons. The summed E-state index contributed by atoms with van der Waals surface area (Å²) in [5.41, 5.74) is 3.16. The SMILES string of the molecule is Cc1cn2nc(-c3cc(F)c4nc(C(=O)NCC5CCCCN5C(=O)OC(C)(C)C)cn4c3)cc(C)c2n1. The van der Waals surface area contributed by atoms with Crippen LogP contribution in [0.25, 0.3) is 22.6 Å². The smallest absolute Gasteiger partial charge is 0.410 e. The minimum absolute atomic E-state index is 0.0447. The number of likely N-dealkylation sites (tertiary alicyclic amines) is 1. The molecule has 11 heteroatoms. The largest absolute Gasteiger partial charge is 0.444 e. The summed E-state index contributed by atoms with van der Waals surface area (Å²) < 4.78 is 23.8. The van der Waals surface area contributed by atoms with Crippen molar-refractivity contribution in [3.8, 4) is 11.3 Å². The van der Waals surface area contributed by atoms with Crippen molar-refractivity contribution in [1.29, 1.82) is 0 Å². The third kappa shape index (κ3) is 5.18. The first kappa shape index (κ1) is 25.6. The molecular formula is C27H32FN7O3. The highest BCUT2D eigenvalue weighted by Crippen LogP contribution is 2.24. The number of carbonyl (C=O) groups is 2. The minimum Gasteiger partial charge on any atom is -0.444 e. The quantitative estimate of drug-likeness (QED) is 0.429. The predicted octanol–water partition coefficient (Wildman–Crippen LogP) is 4.32. The molecule has 1 saturated heterocycles. The Hall–Kier alpha value is -4.02. The summed E-state index contributed by atoms with van der Waals surface area (Å²) in [5.74, 6) is -1.00. The molecule has 5 heterocycles. The maximum Gasteiger partial charge on any atom is 0.410 e. The molecule has 1 unspecified atom stereocenters. The first-order valence-corrected chi connectivity index (χ1v) is 12.8. The van der Waals surface area contributed by atoms with Gasteiger partial charge in [-0.3, -0.25) is 4.79 Å². The Morgan fingerprint density at radius 1 is 1.11 bits per heavy atom. The zero-order valence-corrected chi connectivity index (χ0v) is 22.3. The highest BCUT2D eigenvalue weighted by Gasteiger charge is 2.31. The third-order valence-electron chi connectivity index (χ3n) is 6.52. The topological polar surface area (TPSA) is 106 Å². The molecule has 1 fully saturated rings. The molecule has 5 rings (SSSR count). The monoisotopic (exact) mass is 521 g/mol. The maximum atomic E-state index is 15.1. The number of nitrogens with zero attached hydrogens (tertiary/aromatic N) is 6. The van der Waals surface area contributed by atoms with E-state index in [4.69, 9.17) is 4.74 Å². The van der Waals surface area contributed by atoms with E-state index in [9.17, 15) is 9.59 Å². The van der Waals surface area contributed by atoms with Crippen molar-refractivity contribution >= 4 is 23.3 Å². The van der Waals surface area contributed by atoms with E-state index in [0.29, 0.717) is 17.8 Å². The van der Waals surface area contributed by atoms with Gasteiger partial charge in [0.15, 0.2) is 17.1 Å². The summed E-state index contributed by atoms with van der Waals surface area (Å²) in [6.07, 6.45) is 7.24. The van der Waals surface area contributed by atoms with Crippen molar-refractivity contribution in [2.75, 3.05) is 13.1 Å². The van der Waals surface area contributed by atoms with Gasteiger partial charge in [-0.25, -0.2) is 23.7 Å². The van der Waals surface area contributed by atoms with Crippen molar-refractivity contribution in [3.63, 3.8) is 0 Å². The summed E-state index contributed by atoms with van der Waals surface area (Å²) in [6.45, 7) is 10.1. The van der Waals surface area contributed by atoms with Crippen LogP contribution in [0.4, 0.5) is 9.18 Å². The molecule has 0 aliphatic carbocycles. The van der Waals surface area contributed by atoms with E-state index in [0.717, 1.165) is 36.2 Å². The molecule has 1 aliphatic rings. The lowest BCUT2D eigenvalue weighted by molar-refractivity contribution is 0.00985. The summed E-state index contributed by atoms with van der Waals surface area (Å²) in [7, 11) is 0. The number of piperidine rings is 1. The van der Waals surface area contributed by atoms with Crippen LogP contribution in [0.3, 0.4) is 0 Å². The highest BCUT2D eigenvalue weighted by atomic mass is 19.1. The van der Waals surface area contributed by atoms with Gasteiger partial charge in [-0.05, 0) is 71.6 Å². The Labute approximate surface area is 219 Å². The van der Waals surface area contributed by atoms with Crippen molar-refractivity contribution in [1.82, 2.24) is 34.2 Å². The number of nitrogens with one attached hydrogen (secondary N) is 1. The van der Waals surface area contributed by atoms with E-state index in [-0.39, 0.29) is 30.0 Å². The second-order valence-electron chi connectivity index (χ2n) is 10.8. The summed E-state index contributed by atoms with van der Waals surface area (Å²) in [5, 5.41) is 7.44. The molecule has 0 radical (unpaired) electrons. The Kier molecular flexibility index (Phi) is 6.54. The molecule has 10 nitrogen and oxygen atoms in total. The van der Waals surface area contributed by atoms with Gasteiger partial charge >= 0.3 is 6.09 Å². The van der Waals surface area contributed by atoms with Gasteiger partial charge in [-0.1, -0.05) is 0 Å². The number of pyridine rings is 1. The normalized spacial score (nSPS) is 16.3. The molecule has 0 spiro atoms. The van der Waals surface area contributed by atoms with Gasteiger partial charge in [0.05, 0.1) is 23.6 Å². The molecule has 2 amide bonds. The summed E-state index contributed by atoms with van der Waals surface area (Å²) in [4.78, 5) is 36.0. The van der Waals surface area contributed by atoms with Crippen LogP contribution in [0.15, 0.2) is 30.7 Å². The fourth-order valence-electron chi connectivity index (χ4n) is 4.77. The van der Waals surface area contributed by atoms with Gasteiger partial charge < -0.3 is 19.4 Å². The molecule has 1 aliphatic heterocycles. The summed E-state index contributed by atoms with van der Waals surface area (Å²) >= 11 is 0. The molecule has 1 N–H and O–H groups in total. The number of carbonyl (C=O) groups excluding carboxylic acids is 2. The van der Waals surface area contributed by atoms with Crippen molar-refractivity contribution < 1.29 is 18.7 Å². The standard InChI is InChI=1S/C27H32FN7O3/c1-16-10-21(32-35-13-17(2)30-23(16)35)18-11-20(28)24-31-22(15-33(24)14-18)25(36)29-12-19-8-6-7-9-34(19)26(37)38-27(3,4)5/h10-11,13-15,19H,6-9,12H2,1-5H3,(H,29,36). The number of ether oxygens (including phenoxy) is 1. The molecular weight excluding hydrogens is 489 g/mol. The van der Waals surface area contributed by atoms with Crippen molar-refractivity contribution in [2.45, 2.75) is 65.5 Å². The van der Waals surface area contributed by atoms with E-state index < -0.39 is 17.3 Å². The first-order valence-electron chi connectivity index (χ1n) is 12.8. The van der Waals surface area contributed by atoms with Crippen LogP contribution in [-0.4, -0.2) is 65.6 Å². The fourth-order valence-corrected chi connectivity index (χ4v) is 4.77. The van der Waals surface area contributed by atoms with Gasteiger partial charge in [-0.15, -0.1) is 0 Å². The van der Waals surface area contributed by atoms with E-state index in [2.05, 4.69) is 20.4 Å². The van der Waals surface area contributed by atoms with Gasteiger partial charge in [0.25, 0.3) is 5.91 Å². The lowest BCUT2D eigenvalue weighted by Gasteiger charge is -2.36. The number of rotatable bonds is 4. The lowest BCUT2D eigenvalue weighted by atomic mass is 10.0. The number of hydrogen-bond donors (Lipinski definition) is 1. The number of amides is 2. The van der Waals surface area contributed by atoms with Gasteiger partial charge in [0, 0.05) is 31.0 Å². The molecule has 0 saturated carbocycles. The van der Waals surface area contributed by atoms with Crippen molar-refractivity contribution in [2.24, 2.45) is 0 Å². The maximum absolute atomic E-state index is 15.1. The average molecular weight is 522 g/mol.